The fourth-order valence-electron chi connectivity index (χ4n) is 2.69. The van der Waals surface area contributed by atoms with Crippen LogP contribution in [0.15, 0.2) is 63.8 Å². The molecule has 3 rings (SSSR count). The molecule has 0 saturated carbocycles. The number of fused-ring (bicyclic) bond motifs is 1. The molecule has 0 saturated heterocycles. The average Bonchev–Trinajstić information content (AvgIpc) is 2.54. The molecule has 0 aliphatic heterocycles. The van der Waals surface area contributed by atoms with Crippen LogP contribution in [-0.4, -0.2) is 11.1 Å². The summed E-state index contributed by atoms with van der Waals surface area (Å²) in [4.78, 5) is 23.4. The molecule has 23 heavy (non-hydrogen) atoms. The van der Waals surface area contributed by atoms with E-state index in [0.717, 1.165) is 0 Å². The molecule has 3 aromatic rings. The Bertz CT molecular complexity index is 912. The molecule has 0 fully saturated rings. The van der Waals surface area contributed by atoms with Crippen LogP contribution in [0.3, 0.4) is 0 Å². The maximum absolute atomic E-state index is 12.3. The lowest BCUT2D eigenvalue weighted by Crippen LogP contribution is -2.26. The van der Waals surface area contributed by atoms with E-state index >= 15 is 0 Å². The molecule has 0 unspecified atom stereocenters. The number of aliphatic carboxylic acids is 1. The molecular weight excluding hydrogens is 296 g/mol. The van der Waals surface area contributed by atoms with Crippen molar-refractivity contribution in [3.8, 4) is 5.75 Å². The van der Waals surface area contributed by atoms with Crippen molar-refractivity contribution in [1.82, 2.24) is 0 Å². The Morgan fingerprint density at radius 1 is 1.09 bits per heavy atom. The lowest BCUT2D eigenvalue weighted by molar-refractivity contribution is -0.305. The van der Waals surface area contributed by atoms with Crippen molar-refractivity contribution >= 4 is 16.9 Å². The van der Waals surface area contributed by atoms with Crippen molar-refractivity contribution < 1.29 is 19.4 Å². The number of benzene rings is 2. The molecule has 116 valence electrons. The van der Waals surface area contributed by atoms with Crippen molar-refractivity contribution in [2.24, 2.45) is 0 Å². The van der Waals surface area contributed by atoms with Gasteiger partial charge in [-0.3, -0.25) is 0 Å². The van der Waals surface area contributed by atoms with Crippen LogP contribution in [0, 0.1) is 0 Å². The van der Waals surface area contributed by atoms with E-state index in [1.165, 1.54) is 0 Å². The first-order valence-corrected chi connectivity index (χ1v) is 7.07. The van der Waals surface area contributed by atoms with Gasteiger partial charge < -0.3 is 19.4 Å². The fraction of sp³-hybridized carbons (Fsp3) is 0.111. The number of para-hydroxylation sites is 1. The minimum atomic E-state index is -1.31. The normalized spacial score (nSPS) is 12.2. The molecule has 5 nitrogen and oxygen atoms in total. The molecule has 5 heteroatoms. The minimum Gasteiger partial charge on any atom is -0.550 e. The minimum absolute atomic E-state index is 0.0703. The van der Waals surface area contributed by atoms with Gasteiger partial charge in [-0.05, 0) is 24.1 Å². The lowest BCUT2D eigenvalue weighted by atomic mass is 9.88. The van der Waals surface area contributed by atoms with E-state index in [1.54, 1.807) is 54.6 Å². The fourth-order valence-corrected chi connectivity index (χ4v) is 2.69. The van der Waals surface area contributed by atoms with Crippen LogP contribution < -0.4 is 10.7 Å². The summed E-state index contributed by atoms with van der Waals surface area (Å²) in [6, 6.07) is 15.2. The van der Waals surface area contributed by atoms with Gasteiger partial charge in [-0.15, -0.1) is 0 Å². The summed E-state index contributed by atoms with van der Waals surface area (Å²) >= 11 is 0. The number of carboxylic acids is 1. The van der Waals surface area contributed by atoms with Crippen molar-refractivity contribution in [2.45, 2.75) is 12.3 Å². The van der Waals surface area contributed by atoms with Crippen molar-refractivity contribution in [3.05, 3.63) is 76.1 Å². The van der Waals surface area contributed by atoms with Gasteiger partial charge in [0.05, 0.1) is 10.9 Å². The maximum atomic E-state index is 12.3. The number of rotatable bonds is 4. The summed E-state index contributed by atoms with van der Waals surface area (Å²) < 4.78 is 5.23. The van der Waals surface area contributed by atoms with E-state index in [9.17, 15) is 19.8 Å². The summed E-state index contributed by atoms with van der Waals surface area (Å²) in [5.41, 5.74) is 0.0176. The third-order valence-electron chi connectivity index (χ3n) is 3.74. The van der Waals surface area contributed by atoms with Crippen LogP contribution in [0.5, 0.6) is 5.75 Å². The second-order valence-corrected chi connectivity index (χ2v) is 5.19. The zero-order valence-electron chi connectivity index (χ0n) is 12.1. The third kappa shape index (κ3) is 2.81. The highest BCUT2D eigenvalue weighted by molar-refractivity contribution is 5.84. The Kier molecular flexibility index (Phi) is 3.85. The van der Waals surface area contributed by atoms with E-state index in [2.05, 4.69) is 0 Å². The summed E-state index contributed by atoms with van der Waals surface area (Å²) in [7, 11) is 0. The van der Waals surface area contributed by atoms with Crippen LogP contribution in [-0.2, 0) is 4.79 Å². The zero-order valence-corrected chi connectivity index (χ0v) is 12.1. The van der Waals surface area contributed by atoms with Gasteiger partial charge in [-0.2, -0.15) is 0 Å². The standard InChI is InChI=1S/C18H14O5/c19-15(20)10-13(11-6-2-1-3-7-11)16-17(21)12-8-4-5-9-14(12)23-18(16)22/h1-9,13,21H,10H2,(H,19,20)/p-1/t13-/m0/s1. The van der Waals surface area contributed by atoms with Gasteiger partial charge in [-0.1, -0.05) is 42.5 Å². The number of carbonyl (C=O) groups is 1. The van der Waals surface area contributed by atoms with Gasteiger partial charge in [0.15, 0.2) is 0 Å². The van der Waals surface area contributed by atoms with Gasteiger partial charge in [-0.25, -0.2) is 4.79 Å². The molecule has 0 amide bonds. The summed E-state index contributed by atoms with van der Waals surface area (Å²) in [5.74, 6) is -2.42. The molecule has 0 aliphatic rings. The summed E-state index contributed by atoms with van der Waals surface area (Å²) in [5, 5.41) is 22.0. The molecule has 1 atom stereocenters. The second-order valence-electron chi connectivity index (χ2n) is 5.19. The maximum Gasteiger partial charge on any atom is 0.343 e. The molecule has 1 N–H and O–H groups in total. The van der Waals surface area contributed by atoms with E-state index < -0.39 is 23.9 Å². The number of carboxylic acid groups (broad SMARTS) is 1. The molecule has 0 spiro atoms. The Hall–Kier alpha value is -3.08. The van der Waals surface area contributed by atoms with Gasteiger partial charge in [0.2, 0.25) is 0 Å². The highest BCUT2D eigenvalue weighted by Gasteiger charge is 2.24. The summed E-state index contributed by atoms with van der Waals surface area (Å²) in [6.07, 6.45) is -0.430. The second kappa shape index (κ2) is 5.96. The van der Waals surface area contributed by atoms with E-state index in [4.69, 9.17) is 4.42 Å². The molecule has 1 heterocycles. The molecule has 0 aliphatic carbocycles. The lowest BCUT2D eigenvalue weighted by Gasteiger charge is -2.19. The van der Waals surface area contributed by atoms with E-state index in [1.807, 2.05) is 0 Å². The molecule has 2 aromatic carbocycles. The van der Waals surface area contributed by atoms with Gasteiger partial charge in [0.1, 0.15) is 11.3 Å². The Morgan fingerprint density at radius 2 is 1.74 bits per heavy atom. The van der Waals surface area contributed by atoms with E-state index in [-0.39, 0.29) is 16.9 Å². The van der Waals surface area contributed by atoms with Crippen LogP contribution in [0.25, 0.3) is 11.0 Å². The first-order valence-electron chi connectivity index (χ1n) is 7.07. The quantitative estimate of drug-likeness (QED) is 0.742. The molecular formula is C18H13O5-. The summed E-state index contributed by atoms with van der Waals surface area (Å²) in [6.45, 7) is 0. The molecule has 1 aromatic heterocycles. The highest BCUT2D eigenvalue weighted by Crippen LogP contribution is 2.35. The van der Waals surface area contributed by atoms with Crippen molar-refractivity contribution in [1.29, 1.82) is 0 Å². The van der Waals surface area contributed by atoms with Gasteiger partial charge in [0.25, 0.3) is 0 Å². The Morgan fingerprint density at radius 3 is 2.43 bits per heavy atom. The third-order valence-corrected chi connectivity index (χ3v) is 3.74. The first-order chi connectivity index (χ1) is 11.1. The highest BCUT2D eigenvalue weighted by atomic mass is 16.4. The van der Waals surface area contributed by atoms with Crippen LogP contribution >= 0.6 is 0 Å². The molecule has 0 radical (unpaired) electrons. The van der Waals surface area contributed by atoms with Crippen molar-refractivity contribution in [2.75, 3.05) is 0 Å². The van der Waals surface area contributed by atoms with E-state index in [0.29, 0.717) is 10.9 Å². The number of hydrogen-bond donors (Lipinski definition) is 1. The average molecular weight is 309 g/mol. The monoisotopic (exact) mass is 309 g/mol. The first kappa shape index (κ1) is 14.8. The van der Waals surface area contributed by atoms with Crippen LogP contribution in [0.1, 0.15) is 23.5 Å². The zero-order chi connectivity index (χ0) is 16.4. The van der Waals surface area contributed by atoms with Gasteiger partial charge >= 0.3 is 5.63 Å². The Balaban J connectivity index is 2.26. The topological polar surface area (TPSA) is 90.6 Å². The van der Waals surface area contributed by atoms with Crippen molar-refractivity contribution in [3.63, 3.8) is 0 Å². The number of carbonyl (C=O) groups excluding carboxylic acids is 1. The molecule has 0 bridgehead atoms. The smallest absolute Gasteiger partial charge is 0.343 e. The predicted octanol–water partition coefficient (Wildman–Crippen LogP) is 1.77. The van der Waals surface area contributed by atoms with Gasteiger partial charge in [0, 0.05) is 11.9 Å². The largest absolute Gasteiger partial charge is 0.550 e. The van der Waals surface area contributed by atoms with Crippen LogP contribution in [0.4, 0.5) is 0 Å². The predicted molar refractivity (Wildman–Crippen MR) is 82.1 cm³/mol. The van der Waals surface area contributed by atoms with Crippen LogP contribution in [0.2, 0.25) is 0 Å². The Labute approximate surface area is 131 Å². The number of aromatic hydroxyl groups is 1. The SMILES string of the molecule is O=C([O-])C[C@@H](c1ccccc1)c1c(O)c2ccccc2oc1=O. The number of hydrogen-bond acceptors (Lipinski definition) is 5.